The van der Waals surface area contributed by atoms with Gasteiger partial charge in [0.2, 0.25) is 0 Å². The van der Waals surface area contributed by atoms with Crippen molar-refractivity contribution in [3.63, 3.8) is 0 Å². The van der Waals surface area contributed by atoms with Crippen LogP contribution >= 0.6 is 0 Å². The Balaban J connectivity index is 1.57. The molecule has 6 nitrogen and oxygen atoms in total. The molecule has 1 unspecified atom stereocenters. The maximum Gasteiger partial charge on any atom is 0.123 e. The van der Waals surface area contributed by atoms with Crippen molar-refractivity contribution in [2.45, 2.75) is 38.8 Å². The monoisotopic (exact) mass is 427 g/mol. The molecule has 0 aliphatic carbocycles. The van der Waals surface area contributed by atoms with Crippen LogP contribution in [0.5, 0.6) is 0 Å². The van der Waals surface area contributed by atoms with Gasteiger partial charge in [-0.25, -0.2) is 0 Å². The van der Waals surface area contributed by atoms with Crippen molar-refractivity contribution >= 4 is 17.0 Å². The molecule has 0 spiro atoms. The van der Waals surface area contributed by atoms with E-state index >= 15 is 0 Å². The summed E-state index contributed by atoms with van der Waals surface area (Å²) in [7, 11) is 0. The molecule has 0 saturated carbocycles. The highest BCUT2D eigenvalue weighted by Gasteiger charge is 2.24. The first-order valence-corrected chi connectivity index (χ1v) is 11.2. The first kappa shape index (κ1) is 20.7. The second-order valence-electron chi connectivity index (χ2n) is 8.64. The molecule has 1 fully saturated rings. The molecule has 1 atom stereocenters. The molecule has 1 aromatic heterocycles. The van der Waals surface area contributed by atoms with Gasteiger partial charge in [0.15, 0.2) is 0 Å². The number of aromatic nitrogens is 1. The number of pyridine rings is 1. The number of rotatable bonds is 4. The summed E-state index contributed by atoms with van der Waals surface area (Å²) in [5.74, 6) is 0.0375. The molecule has 5 N–H and O–H groups in total. The predicted molar refractivity (Wildman–Crippen MR) is 128 cm³/mol. The van der Waals surface area contributed by atoms with Gasteiger partial charge in [-0.3, -0.25) is 10.4 Å². The van der Waals surface area contributed by atoms with Gasteiger partial charge in [0.1, 0.15) is 5.84 Å². The fourth-order valence-corrected chi connectivity index (χ4v) is 4.76. The third-order valence-corrected chi connectivity index (χ3v) is 6.48. The molecule has 2 aromatic rings. The zero-order chi connectivity index (χ0) is 22.1. The predicted octanol–water partition coefficient (Wildman–Crippen LogP) is 3.73. The molecule has 0 radical (unpaired) electrons. The number of nitrogens with one attached hydrogen (secondary N) is 3. The Kier molecular flexibility index (Phi) is 5.64. The highest BCUT2D eigenvalue weighted by Crippen LogP contribution is 2.35. The van der Waals surface area contributed by atoms with Gasteiger partial charge in [-0.05, 0) is 78.8 Å². The lowest BCUT2D eigenvalue weighted by Crippen LogP contribution is -2.19. The third kappa shape index (κ3) is 3.99. The average Bonchev–Trinajstić information content (AvgIpc) is 3.24. The molecule has 0 bridgehead atoms. The molecule has 6 heteroatoms. The van der Waals surface area contributed by atoms with Gasteiger partial charge in [-0.15, -0.1) is 0 Å². The van der Waals surface area contributed by atoms with Crippen LogP contribution in [0.2, 0.25) is 0 Å². The smallest absolute Gasteiger partial charge is 0.123 e. The van der Waals surface area contributed by atoms with E-state index in [1.165, 1.54) is 23.1 Å². The molecular formula is C26H29N5O. The summed E-state index contributed by atoms with van der Waals surface area (Å²) in [5, 5.41) is 15.2. The van der Waals surface area contributed by atoms with Crippen LogP contribution in [-0.4, -0.2) is 24.0 Å². The lowest BCUT2D eigenvalue weighted by Gasteiger charge is -2.25. The third-order valence-electron chi connectivity index (χ3n) is 6.48. The highest BCUT2D eigenvalue weighted by molar-refractivity contribution is 6.12. The number of hydrogen-bond donors (Lipinski definition) is 4. The van der Waals surface area contributed by atoms with Crippen LogP contribution in [0.4, 0.5) is 0 Å². The van der Waals surface area contributed by atoms with Gasteiger partial charge in [-0.2, -0.15) is 0 Å². The maximum atomic E-state index is 8.26. The second kappa shape index (κ2) is 8.73. The Morgan fingerprint density at radius 1 is 1.22 bits per heavy atom. The van der Waals surface area contributed by atoms with E-state index in [-0.39, 0.29) is 5.84 Å². The summed E-state index contributed by atoms with van der Waals surface area (Å²) in [6, 6.07) is 8.92. The van der Waals surface area contributed by atoms with Gasteiger partial charge in [0, 0.05) is 47.0 Å². The minimum atomic E-state index is 0.0375. The molecule has 1 aromatic carbocycles. The molecule has 3 aliphatic rings. The standard InChI is InChI=1S/C26H29N5O/c1-16-4-5-18(13-31-16)23-14-29-12-20(11-22(23)26(27)28)19-9-17-6-8-32-15-24(17)21(10-19)25-3-2-7-30-25/h4-5,9-14,25,29-30H,2-3,6-8,15H2,1H3,(H3,27,28). The number of ether oxygens (including phenoxy) is 1. The van der Waals surface area contributed by atoms with E-state index in [2.05, 4.69) is 27.8 Å². The van der Waals surface area contributed by atoms with E-state index in [0.29, 0.717) is 18.2 Å². The molecule has 164 valence electrons. The van der Waals surface area contributed by atoms with E-state index < -0.39 is 0 Å². The molecule has 1 saturated heterocycles. The summed E-state index contributed by atoms with van der Waals surface area (Å²) in [6.07, 6.45) is 11.0. The zero-order valence-electron chi connectivity index (χ0n) is 18.4. The fraction of sp³-hybridized carbons (Fsp3) is 0.308. The van der Waals surface area contributed by atoms with Crippen molar-refractivity contribution in [2.75, 3.05) is 13.2 Å². The van der Waals surface area contributed by atoms with Crippen LogP contribution in [0.3, 0.4) is 0 Å². The first-order valence-electron chi connectivity index (χ1n) is 11.2. The molecule has 4 heterocycles. The van der Waals surface area contributed by atoms with Crippen molar-refractivity contribution in [1.29, 1.82) is 5.41 Å². The minimum absolute atomic E-state index is 0.0375. The summed E-state index contributed by atoms with van der Waals surface area (Å²) >= 11 is 0. The van der Waals surface area contributed by atoms with Gasteiger partial charge in [-0.1, -0.05) is 12.1 Å². The first-order chi connectivity index (χ1) is 15.6. The second-order valence-corrected chi connectivity index (χ2v) is 8.64. The molecule has 0 amide bonds. The van der Waals surface area contributed by atoms with Crippen LogP contribution in [-0.2, 0) is 17.8 Å². The van der Waals surface area contributed by atoms with E-state index in [0.717, 1.165) is 54.0 Å². The highest BCUT2D eigenvalue weighted by atomic mass is 16.5. The van der Waals surface area contributed by atoms with Gasteiger partial charge in [0.25, 0.3) is 0 Å². The molecule has 5 rings (SSSR count). The zero-order valence-corrected chi connectivity index (χ0v) is 18.4. The summed E-state index contributed by atoms with van der Waals surface area (Å²) in [4.78, 5) is 4.42. The number of benzene rings is 1. The Labute approximate surface area is 188 Å². The van der Waals surface area contributed by atoms with Crippen molar-refractivity contribution in [3.8, 4) is 0 Å². The Morgan fingerprint density at radius 3 is 2.88 bits per heavy atom. The summed E-state index contributed by atoms with van der Waals surface area (Å²) < 4.78 is 5.80. The van der Waals surface area contributed by atoms with Crippen molar-refractivity contribution in [2.24, 2.45) is 5.73 Å². The van der Waals surface area contributed by atoms with Crippen LogP contribution in [0.15, 0.2) is 54.5 Å². The van der Waals surface area contributed by atoms with Gasteiger partial charge in [0.05, 0.1) is 13.2 Å². The lowest BCUT2D eigenvalue weighted by atomic mass is 9.87. The largest absolute Gasteiger partial charge is 0.384 e. The maximum absolute atomic E-state index is 8.26. The van der Waals surface area contributed by atoms with E-state index in [1.807, 2.05) is 43.7 Å². The topological polar surface area (TPSA) is 96.0 Å². The molecule has 3 aliphatic heterocycles. The quantitative estimate of drug-likeness (QED) is 0.440. The molecular weight excluding hydrogens is 398 g/mol. The number of hydrogen-bond acceptors (Lipinski definition) is 5. The number of allylic oxidation sites excluding steroid dienone is 2. The number of fused-ring (bicyclic) bond motifs is 1. The minimum Gasteiger partial charge on any atom is -0.384 e. The number of amidine groups is 1. The summed E-state index contributed by atoms with van der Waals surface area (Å²) in [5.41, 5.74) is 15.7. The van der Waals surface area contributed by atoms with Crippen molar-refractivity contribution in [3.05, 3.63) is 88.0 Å². The average molecular weight is 428 g/mol. The number of nitrogens with zero attached hydrogens (tertiary/aromatic N) is 1. The normalized spacial score (nSPS) is 20.4. The van der Waals surface area contributed by atoms with Gasteiger partial charge >= 0.3 is 0 Å². The van der Waals surface area contributed by atoms with E-state index in [9.17, 15) is 0 Å². The Bertz CT molecular complexity index is 1140. The van der Waals surface area contributed by atoms with Crippen molar-refractivity contribution in [1.82, 2.24) is 15.6 Å². The summed E-state index contributed by atoms with van der Waals surface area (Å²) in [6.45, 7) is 4.46. The van der Waals surface area contributed by atoms with Gasteiger partial charge < -0.3 is 21.1 Å². The molecule has 32 heavy (non-hydrogen) atoms. The van der Waals surface area contributed by atoms with Crippen LogP contribution in [0, 0.1) is 12.3 Å². The van der Waals surface area contributed by atoms with Crippen LogP contribution < -0.4 is 16.4 Å². The van der Waals surface area contributed by atoms with Crippen LogP contribution in [0.25, 0.3) is 11.1 Å². The Morgan fingerprint density at radius 2 is 2.12 bits per heavy atom. The van der Waals surface area contributed by atoms with E-state index in [1.54, 1.807) is 0 Å². The Hall–Kier alpha value is -3.22. The van der Waals surface area contributed by atoms with Crippen LogP contribution in [0.1, 0.15) is 52.4 Å². The number of aryl methyl sites for hydroxylation is 1. The number of nitrogens with two attached hydrogens (primary N) is 1. The SMILES string of the molecule is Cc1ccc(C2=CNC=C(c3cc4c(c(C5CCCN5)c3)COCC4)C=C2C(=N)N)cn1. The lowest BCUT2D eigenvalue weighted by molar-refractivity contribution is 0.109. The fourth-order valence-electron chi connectivity index (χ4n) is 4.76. The van der Waals surface area contributed by atoms with Crippen molar-refractivity contribution < 1.29 is 4.74 Å². The van der Waals surface area contributed by atoms with E-state index in [4.69, 9.17) is 15.9 Å².